The molecule has 6 nitrogen and oxygen atoms in total. The Labute approximate surface area is 206 Å². The number of hydrogen-bond donors (Lipinski definition) is 2. The molecule has 3 aromatic carbocycles. The topological polar surface area (TPSA) is 82.2 Å². The molecule has 4 aromatic rings. The summed E-state index contributed by atoms with van der Waals surface area (Å²) in [7, 11) is 0. The molecule has 1 heterocycles. The molecule has 188 valence electrons. The summed E-state index contributed by atoms with van der Waals surface area (Å²) in [6.07, 6.45) is -4.15. The van der Waals surface area contributed by atoms with Crippen molar-refractivity contribution in [3.05, 3.63) is 90.1 Å². The van der Waals surface area contributed by atoms with Crippen LogP contribution in [0.3, 0.4) is 0 Å². The molecule has 0 aliphatic rings. The second-order valence-electron chi connectivity index (χ2n) is 9.25. The van der Waals surface area contributed by atoms with E-state index in [1.54, 1.807) is 53.3 Å². The molecule has 1 aromatic heterocycles. The fourth-order valence-electron chi connectivity index (χ4n) is 3.93. The summed E-state index contributed by atoms with van der Waals surface area (Å²) >= 11 is 0. The van der Waals surface area contributed by atoms with Crippen LogP contribution in [0.4, 0.5) is 13.2 Å². The number of halogens is 3. The van der Waals surface area contributed by atoms with E-state index in [2.05, 4.69) is 5.10 Å². The SMILES string of the molecule is C[C@H](NC(=O)C(F)(F)F)[C@H](Oc1ccc2c(cnn2-c2ccc(C(C)(C)N)cc2)c1)c1ccccc1. The lowest BCUT2D eigenvalue weighted by atomic mass is 9.96. The first-order valence-electron chi connectivity index (χ1n) is 11.4. The number of nitrogens with one attached hydrogen (secondary N) is 1. The Balaban J connectivity index is 1.61. The Morgan fingerprint density at radius 2 is 1.69 bits per heavy atom. The van der Waals surface area contributed by atoms with E-state index in [1.807, 2.05) is 49.5 Å². The number of nitrogens with zero attached hydrogens (tertiary/aromatic N) is 2. The number of carbonyl (C=O) groups excluding carboxylic acids is 1. The maximum atomic E-state index is 12.8. The monoisotopic (exact) mass is 496 g/mol. The van der Waals surface area contributed by atoms with Crippen molar-refractivity contribution in [3.63, 3.8) is 0 Å². The summed E-state index contributed by atoms with van der Waals surface area (Å²) in [6.45, 7) is 5.35. The molecule has 0 radical (unpaired) electrons. The van der Waals surface area contributed by atoms with E-state index in [4.69, 9.17) is 10.5 Å². The van der Waals surface area contributed by atoms with Crippen LogP contribution in [-0.4, -0.2) is 27.9 Å². The van der Waals surface area contributed by atoms with Crippen molar-refractivity contribution >= 4 is 16.8 Å². The van der Waals surface area contributed by atoms with Gasteiger partial charge in [-0.25, -0.2) is 4.68 Å². The molecule has 0 bridgehead atoms. The van der Waals surface area contributed by atoms with Gasteiger partial charge < -0.3 is 15.8 Å². The highest BCUT2D eigenvalue weighted by Crippen LogP contribution is 2.30. The maximum Gasteiger partial charge on any atom is 0.471 e. The quantitative estimate of drug-likeness (QED) is 0.359. The van der Waals surface area contributed by atoms with Crippen molar-refractivity contribution in [1.29, 1.82) is 0 Å². The van der Waals surface area contributed by atoms with Gasteiger partial charge in [-0.2, -0.15) is 18.3 Å². The average Bonchev–Trinajstić information content (AvgIpc) is 3.25. The van der Waals surface area contributed by atoms with E-state index in [1.165, 1.54) is 6.92 Å². The van der Waals surface area contributed by atoms with Crippen molar-refractivity contribution in [2.75, 3.05) is 0 Å². The van der Waals surface area contributed by atoms with Gasteiger partial charge in [0.05, 0.1) is 23.4 Å². The number of benzene rings is 3. The first-order valence-corrected chi connectivity index (χ1v) is 11.4. The number of carbonyl (C=O) groups is 1. The molecule has 0 aliphatic heterocycles. The number of aromatic nitrogens is 2. The zero-order valence-electron chi connectivity index (χ0n) is 20.1. The van der Waals surface area contributed by atoms with Crippen LogP contribution in [0.25, 0.3) is 16.6 Å². The van der Waals surface area contributed by atoms with Gasteiger partial charge >= 0.3 is 12.1 Å². The lowest BCUT2D eigenvalue weighted by molar-refractivity contribution is -0.174. The highest BCUT2D eigenvalue weighted by molar-refractivity contribution is 5.82. The van der Waals surface area contributed by atoms with Crippen molar-refractivity contribution < 1.29 is 22.7 Å². The third-order valence-corrected chi connectivity index (χ3v) is 5.86. The molecule has 9 heteroatoms. The highest BCUT2D eigenvalue weighted by Gasteiger charge is 2.40. The van der Waals surface area contributed by atoms with E-state index in [0.717, 1.165) is 22.2 Å². The van der Waals surface area contributed by atoms with Crippen molar-refractivity contribution in [3.8, 4) is 11.4 Å². The van der Waals surface area contributed by atoms with Gasteiger partial charge in [0.2, 0.25) is 0 Å². The minimum absolute atomic E-state index is 0.434. The second kappa shape index (κ2) is 9.66. The lowest BCUT2D eigenvalue weighted by Gasteiger charge is -2.27. The smallest absolute Gasteiger partial charge is 0.471 e. The number of hydrogen-bond acceptors (Lipinski definition) is 4. The Kier molecular flexibility index (Phi) is 6.77. The molecule has 0 saturated heterocycles. The predicted molar refractivity (Wildman–Crippen MR) is 132 cm³/mol. The minimum Gasteiger partial charge on any atom is -0.484 e. The lowest BCUT2D eigenvalue weighted by Crippen LogP contribution is -2.45. The molecule has 36 heavy (non-hydrogen) atoms. The van der Waals surface area contributed by atoms with Crippen LogP contribution >= 0.6 is 0 Å². The Hall–Kier alpha value is -3.85. The molecule has 0 saturated carbocycles. The Morgan fingerprint density at radius 1 is 1.03 bits per heavy atom. The van der Waals surface area contributed by atoms with Crippen molar-refractivity contribution in [2.24, 2.45) is 5.73 Å². The third kappa shape index (κ3) is 5.52. The molecule has 2 atom stereocenters. The second-order valence-corrected chi connectivity index (χ2v) is 9.25. The van der Waals surface area contributed by atoms with Gasteiger partial charge in [0.15, 0.2) is 0 Å². The van der Waals surface area contributed by atoms with Gasteiger partial charge in [-0.05, 0) is 62.2 Å². The third-order valence-electron chi connectivity index (χ3n) is 5.86. The molecular weight excluding hydrogens is 469 g/mol. The minimum atomic E-state index is -4.99. The van der Waals surface area contributed by atoms with Crippen LogP contribution < -0.4 is 15.8 Å². The highest BCUT2D eigenvalue weighted by atomic mass is 19.4. The van der Waals surface area contributed by atoms with Crippen LogP contribution in [0.5, 0.6) is 5.75 Å². The van der Waals surface area contributed by atoms with Crippen molar-refractivity contribution in [2.45, 2.75) is 44.6 Å². The van der Waals surface area contributed by atoms with Crippen LogP contribution in [0.2, 0.25) is 0 Å². The predicted octanol–water partition coefficient (Wildman–Crippen LogP) is 5.41. The van der Waals surface area contributed by atoms with Crippen LogP contribution in [-0.2, 0) is 10.3 Å². The summed E-state index contributed by atoms with van der Waals surface area (Å²) in [5.74, 6) is -1.58. The molecular formula is C27H27F3N4O2. The molecule has 4 rings (SSSR count). The summed E-state index contributed by atoms with van der Waals surface area (Å²) in [5, 5.41) is 7.27. The molecule has 0 aliphatic carbocycles. The fourth-order valence-corrected chi connectivity index (χ4v) is 3.93. The van der Waals surface area contributed by atoms with Crippen LogP contribution in [0, 0.1) is 0 Å². The van der Waals surface area contributed by atoms with Gasteiger partial charge in [-0.15, -0.1) is 0 Å². The van der Waals surface area contributed by atoms with E-state index in [-0.39, 0.29) is 0 Å². The van der Waals surface area contributed by atoms with Gasteiger partial charge in [-0.3, -0.25) is 4.79 Å². The van der Waals surface area contributed by atoms with E-state index in [0.29, 0.717) is 11.3 Å². The van der Waals surface area contributed by atoms with Crippen LogP contribution in [0.1, 0.15) is 38.0 Å². The Morgan fingerprint density at radius 3 is 2.31 bits per heavy atom. The number of ether oxygens (including phenoxy) is 1. The number of rotatable bonds is 7. The standard InChI is InChI=1S/C27H27F3N4O2/c1-17(33-25(35)27(28,29)30)24(18-7-5-4-6-8-18)36-22-13-14-23-19(15-22)16-32-34(23)21-11-9-20(10-12-21)26(2,3)31/h4-17,24H,31H2,1-3H3,(H,33,35)/t17-,24-/m0/s1. The fraction of sp³-hybridized carbons (Fsp3) is 0.259. The zero-order chi connectivity index (χ0) is 26.1. The largest absolute Gasteiger partial charge is 0.484 e. The van der Waals surface area contributed by atoms with Gasteiger partial charge in [0.1, 0.15) is 11.9 Å². The molecule has 0 unspecified atom stereocenters. The average molecular weight is 497 g/mol. The van der Waals surface area contributed by atoms with Crippen molar-refractivity contribution in [1.82, 2.24) is 15.1 Å². The normalized spacial score (nSPS) is 13.9. The van der Waals surface area contributed by atoms with Crippen LogP contribution in [0.15, 0.2) is 79.0 Å². The number of nitrogens with two attached hydrogens (primary N) is 1. The number of amides is 1. The van der Waals surface area contributed by atoms with E-state index < -0.39 is 29.8 Å². The number of alkyl halides is 3. The summed E-state index contributed by atoms with van der Waals surface area (Å²) in [5.41, 5.74) is 9.03. The maximum absolute atomic E-state index is 12.8. The van der Waals surface area contributed by atoms with Gasteiger partial charge in [0, 0.05) is 10.9 Å². The first kappa shape index (κ1) is 25.2. The van der Waals surface area contributed by atoms with Gasteiger partial charge in [-0.1, -0.05) is 42.5 Å². The zero-order valence-corrected chi connectivity index (χ0v) is 20.1. The summed E-state index contributed by atoms with van der Waals surface area (Å²) in [6, 6.07) is 21.0. The summed E-state index contributed by atoms with van der Waals surface area (Å²) in [4.78, 5) is 11.5. The van der Waals surface area contributed by atoms with E-state index >= 15 is 0 Å². The summed E-state index contributed by atoms with van der Waals surface area (Å²) < 4.78 is 46.4. The molecule has 0 fully saturated rings. The molecule has 1 amide bonds. The first-order chi connectivity index (χ1) is 16.9. The molecule has 3 N–H and O–H groups in total. The molecule has 0 spiro atoms. The van der Waals surface area contributed by atoms with E-state index in [9.17, 15) is 18.0 Å². The Bertz CT molecular complexity index is 1340. The number of fused-ring (bicyclic) bond motifs is 1. The van der Waals surface area contributed by atoms with Gasteiger partial charge in [0.25, 0.3) is 0 Å².